The van der Waals surface area contributed by atoms with E-state index < -0.39 is 0 Å². The second-order valence-corrected chi connectivity index (χ2v) is 6.40. The summed E-state index contributed by atoms with van der Waals surface area (Å²) in [6, 6.07) is 16.6. The summed E-state index contributed by atoms with van der Waals surface area (Å²) in [6.07, 6.45) is 5.78. The van der Waals surface area contributed by atoms with Gasteiger partial charge >= 0.3 is 0 Å². The number of carbonyl (C=O) groups excluding carboxylic acids is 1. The van der Waals surface area contributed by atoms with Gasteiger partial charge in [-0.25, -0.2) is 4.68 Å². The molecule has 0 unspecified atom stereocenters. The maximum atomic E-state index is 12.7. The van der Waals surface area contributed by atoms with Crippen molar-refractivity contribution in [2.24, 2.45) is 0 Å². The molecule has 0 spiro atoms. The number of carbonyl (C=O) groups is 1. The fraction of sp³-hybridized carbons (Fsp3) is 0.238. The first-order valence-electron chi connectivity index (χ1n) is 9.04. The number of amides is 1. The maximum absolute atomic E-state index is 12.7. The van der Waals surface area contributed by atoms with Gasteiger partial charge in [0.1, 0.15) is 12.4 Å². The van der Waals surface area contributed by atoms with E-state index in [1.165, 1.54) is 0 Å². The van der Waals surface area contributed by atoms with Gasteiger partial charge < -0.3 is 14.8 Å². The van der Waals surface area contributed by atoms with Crippen LogP contribution in [0.15, 0.2) is 67.0 Å². The maximum Gasteiger partial charge on any atom is 0.255 e. The van der Waals surface area contributed by atoms with Crippen molar-refractivity contribution in [3.8, 4) is 11.4 Å². The molecule has 1 aliphatic rings. The lowest BCUT2D eigenvalue weighted by atomic mass is 10.2. The second-order valence-electron chi connectivity index (χ2n) is 6.40. The standard InChI is InChI=1S/C21H21N3O3/c25-21(23-19-9-1-2-10-20(19)24-12-5-11-22-24)16-6-3-7-17(14-16)27-15-18-8-4-13-26-18/h1-3,5-7,9-12,14,18H,4,8,13,15H2,(H,23,25)/t18-/m0/s1. The van der Waals surface area contributed by atoms with Gasteiger partial charge in [-0.1, -0.05) is 18.2 Å². The summed E-state index contributed by atoms with van der Waals surface area (Å²) >= 11 is 0. The Balaban J connectivity index is 1.46. The zero-order chi connectivity index (χ0) is 18.5. The third-order valence-corrected chi connectivity index (χ3v) is 4.46. The van der Waals surface area contributed by atoms with Gasteiger partial charge in [-0.05, 0) is 49.2 Å². The summed E-state index contributed by atoms with van der Waals surface area (Å²) in [6.45, 7) is 1.30. The minimum atomic E-state index is -0.197. The van der Waals surface area contributed by atoms with E-state index in [1.54, 1.807) is 23.0 Å². The van der Waals surface area contributed by atoms with Crippen LogP contribution in [0.25, 0.3) is 5.69 Å². The van der Waals surface area contributed by atoms with Crippen LogP contribution in [0.1, 0.15) is 23.2 Å². The summed E-state index contributed by atoms with van der Waals surface area (Å²) in [5.74, 6) is 0.468. The van der Waals surface area contributed by atoms with Gasteiger partial charge in [0.05, 0.1) is 17.5 Å². The van der Waals surface area contributed by atoms with E-state index in [2.05, 4.69) is 10.4 Å². The Bertz CT molecular complexity index is 903. The third-order valence-electron chi connectivity index (χ3n) is 4.46. The van der Waals surface area contributed by atoms with Crippen LogP contribution in [0, 0.1) is 0 Å². The molecule has 0 saturated carbocycles. The Hall–Kier alpha value is -3.12. The van der Waals surface area contributed by atoms with Crippen molar-refractivity contribution in [1.82, 2.24) is 9.78 Å². The van der Waals surface area contributed by atoms with Crippen LogP contribution < -0.4 is 10.1 Å². The smallest absolute Gasteiger partial charge is 0.255 e. The van der Waals surface area contributed by atoms with Gasteiger partial charge in [0, 0.05) is 24.6 Å². The SMILES string of the molecule is O=C(Nc1ccccc1-n1cccn1)c1cccc(OC[C@@H]2CCCO2)c1. The molecule has 1 aromatic heterocycles. The normalized spacial score (nSPS) is 16.2. The molecular formula is C21H21N3O3. The molecule has 0 radical (unpaired) electrons. The van der Waals surface area contributed by atoms with Crippen molar-refractivity contribution >= 4 is 11.6 Å². The fourth-order valence-corrected chi connectivity index (χ4v) is 3.08. The topological polar surface area (TPSA) is 65.4 Å². The molecule has 0 bridgehead atoms. The quantitative estimate of drug-likeness (QED) is 0.725. The fourth-order valence-electron chi connectivity index (χ4n) is 3.08. The number of rotatable bonds is 6. The Kier molecular flexibility index (Phi) is 5.16. The number of nitrogens with zero attached hydrogens (tertiary/aromatic N) is 2. The first-order chi connectivity index (χ1) is 13.3. The summed E-state index contributed by atoms with van der Waals surface area (Å²) in [5.41, 5.74) is 2.04. The Morgan fingerprint density at radius 2 is 2.15 bits per heavy atom. The van der Waals surface area contributed by atoms with Crippen LogP contribution in [-0.4, -0.2) is 35.0 Å². The lowest BCUT2D eigenvalue weighted by Crippen LogP contribution is -2.17. The molecule has 6 heteroatoms. The third kappa shape index (κ3) is 4.17. The summed E-state index contributed by atoms with van der Waals surface area (Å²) < 4.78 is 13.1. The van der Waals surface area contributed by atoms with E-state index in [0.29, 0.717) is 23.6 Å². The largest absolute Gasteiger partial charge is 0.491 e. The van der Waals surface area contributed by atoms with Gasteiger partial charge in [-0.2, -0.15) is 5.10 Å². The molecule has 6 nitrogen and oxygen atoms in total. The molecule has 3 aromatic rings. The highest BCUT2D eigenvalue weighted by Crippen LogP contribution is 2.21. The second kappa shape index (κ2) is 8.05. The number of benzene rings is 2. The van der Waals surface area contributed by atoms with Crippen LogP contribution in [-0.2, 0) is 4.74 Å². The molecule has 1 amide bonds. The number of para-hydroxylation sites is 2. The van der Waals surface area contributed by atoms with Gasteiger partial charge in [0.2, 0.25) is 0 Å². The predicted octanol–water partition coefficient (Wildman–Crippen LogP) is 3.68. The van der Waals surface area contributed by atoms with Gasteiger partial charge in [0.25, 0.3) is 5.91 Å². The van der Waals surface area contributed by atoms with E-state index in [9.17, 15) is 4.79 Å². The Morgan fingerprint density at radius 3 is 2.96 bits per heavy atom. The Morgan fingerprint density at radius 1 is 1.22 bits per heavy atom. The number of nitrogens with one attached hydrogen (secondary N) is 1. The Labute approximate surface area is 157 Å². The number of aromatic nitrogens is 2. The summed E-state index contributed by atoms with van der Waals surface area (Å²) in [4.78, 5) is 12.7. The minimum absolute atomic E-state index is 0.142. The predicted molar refractivity (Wildman–Crippen MR) is 102 cm³/mol. The molecule has 1 saturated heterocycles. The van der Waals surface area contributed by atoms with Crippen LogP contribution in [0.4, 0.5) is 5.69 Å². The highest BCUT2D eigenvalue weighted by atomic mass is 16.5. The molecule has 1 atom stereocenters. The van der Waals surface area contributed by atoms with Crippen LogP contribution >= 0.6 is 0 Å². The van der Waals surface area contributed by atoms with Crippen molar-refractivity contribution in [2.45, 2.75) is 18.9 Å². The van der Waals surface area contributed by atoms with Gasteiger partial charge in [0.15, 0.2) is 0 Å². The molecule has 2 aromatic carbocycles. The molecular weight excluding hydrogens is 342 g/mol. The summed E-state index contributed by atoms with van der Waals surface area (Å²) in [7, 11) is 0. The highest BCUT2D eigenvalue weighted by Gasteiger charge is 2.16. The average Bonchev–Trinajstić information content (AvgIpc) is 3.41. The van der Waals surface area contributed by atoms with Crippen molar-refractivity contribution in [3.05, 3.63) is 72.6 Å². The van der Waals surface area contributed by atoms with E-state index in [0.717, 1.165) is 25.1 Å². The molecule has 2 heterocycles. The highest BCUT2D eigenvalue weighted by molar-refractivity contribution is 6.05. The average molecular weight is 363 g/mol. The van der Waals surface area contributed by atoms with E-state index >= 15 is 0 Å². The van der Waals surface area contributed by atoms with Crippen LogP contribution in [0.3, 0.4) is 0 Å². The lowest BCUT2D eigenvalue weighted by molar-refractivity contribution is 0.0679. The van der Waals surface area contributed by atoms with Crippen LogP contribution in [0.5, 0.6) is 5.75 Å². The number of anilines is 1. The number of hydrogen-bond donors (Lipinski definition) is 1. The molecule has 1 fully saturated rings. The van der Waals surface area contributed by atoms with Gasteiger partial charge in [-0.3, -0.25) is 4.79 Å². The molecule has 1 aliphatic heterocycles. The monoisotopic (exact) mass is 363 g/mol. The van der Waals surface area contributed by atoms with E-state index in [4.69, 9.17) is 9.47 Å². The molecule has 4 rings (SSSR count). The minimum Gasteiger partial charge on any atom is -0.491 e. The number of hydrogen-bond acceptors (Lipinski definition) is 4. The van der Waals surface area contributed by atoms with Gasteiger partial charge in [-0.15, -0.1) is 0 Å². The summed E-state index contributed by atoms with van der Waals surface area (Å²) in [5, 5.41) is 7.20. The van der Waals surface area contributed by atoms with Crippen LogP contribution in [0.2, 0.25) is 0 Å². The molecule has 138 valence electrons. The van der Waals surface area contributed by atoms with E-state index in [1.807, 2.05) is 48.7 Å². The first kappa shape index (κ1) is 17.3. The lowest BCUT2D eigenvalue weighted by Gasteiger charge is -2.13. The molecule has 27 heavy (non-hydrogen) atoms. The number of ether oxygens (including phenoxy) is 2. The van der Waals surface area contributed by atoms with E-state index in [-0.39, 0.29) is 12.0 Å². The molecule has 0 aliphatic carbocycles. The van der Waals surface area contributed by atoms with Crippen molar-refractivity contribution in [2.75, 3.05) is 18.5 Å². The van der Waals surface area contributed by atoms with Crippen molar-refractivity contribution in [1.29, 1.82) is 0 Å². The molecule has 1 N–H and O–H groups in total. The zero-order valence-electron chi connectivity index (χ0n) is 14.9. The van der Waals surface area contributed by atoms with Crippen molar-refractivity contribution < 1.29 is 14.3 Å². The van der Waals surface area contributed by atoms with Crippen molar-refractivity contribution in [3.63, 3.8) is 0 Å². The zero-order valence-corrected chi connectivity index (χ0v) is 14.9. The first-order valence-corrected chi connectivity index (χ1v) is 9.04.